The zero-order valence-electron chi connectivity index (χ0n) is 53.3. The van der Waals surface area contributed by atoms with Gasteiger partial charge in [0.15, 0.2) is 6.10 Å². The van der Waals surface area contributed by atoms with Gasteiger partial charge in [-0.3, -0.25) is 18.6 Å². The number of hydrogen-bond acceptors (Lipinski definition) is 7. The van der Waals surface area contributed by atoms with Crippen LogP contribution >= 0.6 is 7.82 Å². The van der Waals surface area contributed by atoms with Crippen LogP contribution in [0.3, 0.4) is 0 Å². The number of carbonyl (C=O) groups excluding carboxylic acids is 2. The molecule has 0 saturated heterocycles. The Morgan fingerprint density at radius 2 is 0.713 bits per heavy atom. The van der Waals surface area contributed by atoms with E-state index < -0.39 is 26.5 Å². The number of hydrogen-bond donors (Lipinski definition) is 1. The predicted octanol–water partition coefficient (Wildman–Crippen LogP) is 21.8. The summed E-state index contributed by atoms with van der Waals surface area (Å²) >= 11 is 0. The molecule has 0 aliphatic heterocycles. The summed E-state index contributed by atoms with van der Waals surface area (Å²) in [5.41, 5.74) is 0. The first-order valence-corrected chi connectivity index (χ1v) is 35.5. The number of likely N-dealkylation sites (N-methyl/N-ethyl adjacent to an activating group) is 1. The Morgan fingerprint density at radius 3 is 1.07 bits per heavy atom. The van der Waals surface area contributed by atoms with Crippen molar-refractivity contribution < 1.29 is 42.1 Å². The van der Waals surface area contributed by atoms with E-state index in [0.717, 1.165) is 70.6 Å². The zero-order valence-corrected chi connectivity index (χ0v) is 54.2. The third-order valence-electron chi connectivity index (χ3n) is 15.0. The van der Waals surface area contributed by atoms with Crippen molar-refractivity contribution in [3.8, 4) is 0 Å². The Balaban J connectivity index is 3.89. The Morgan fingerprint density at radius 1 is 0.400 bits per heavy atom. The summed E-state index contributed by atoms with van der Waals surface area (Å²) < 4.78 is 34.6. The van der Waals surface area contributed by atoms with Gasteiger partial charge in [-0.1, -0.05) is 293 Å². The summed E-state index contributed by atoms with van der Waals surface area (Å²) in [6.45, 7) is 4.32. The molecule has 0 aliphatic carbocycles. The van der Waals surface area contributed by atoms with Crippen LogP contribution in [0.1, 0.15) is 322 Å². The van der Waals surface area contributed by atoms with Crippen molar-refractivity contribution >= 4 is 19.8 Å². The molecule has 0 rings (SSSR count). The second-order valence-corrected chi connectivity index (χ2v) is 25.6. The molecule has 0 bridgehead atoms. The standard InChI is InChI=1S/C70H130NO8P/c1-6-8-10-12-14-16-18-20-22-24-25-26-27-28-29-30-31-32-33-34-35-36-37-38-39-40-41-42-43-44-45-47-48-50-52-54-56-58-60-62-69(72)76-66-68(67-78-80(74,75)77-65-64-71(3,4)5)79-70(73)63-61-59-57-55-53-51-49-46-23-21-19-17-15-13-11-9-7-2/h9,11,15,17,21,23-25,49,51,68H,6-8,10,12-14,16,18-20,22,26-48,50,52-67H2,1-5H3/p+1/b11-9-,17-15-,23-21-,25-24-,51-49-. The number of esters is 2. The average Bonchev–Trinajstić information content (AvgIpc) is 3.42. The summed E-state index contributed by atoms with van der Waals surface area (Å²) in [4.78, 5) is 35.7. The van der Waals surface area contributed by atoms with Crippen LogP contribution in [-0.4, -0.2) is 74.9 Å². The lowest BCUT2D eigenvalue weighted by atomic mass is 10.0. The van der Waals surface area contributed by atoms with Gasteiger partial charge in [0, 0.05) is 12.8 Å². The summed E-state index contributed by atoms with van der Waals surface area (Å²) in [7, 11) is 1.47. The third kappa shape index (κ3) is 64.9. The minimum Gasteiger partial charge on any atom is -0.462 e. The lowest BCUT2D eigenvalue weighted by molar-refractivity contribution is -0.870. The number of unbranched alkanes of at least 4 members (excludes halogenated alkanes) is 39. The van der Waals surface area contributed by atoms with Gasteiger partial charge in [0.1, 0.15) is 19.8 Å². The number of phosphoric acid groups is 1. The number of nitrogens with zero attached hydrogens (tertiary/aromatic N) is 1. The monoisotopic (exact) mass is 1140 g/mol. The molecule has 0 aromatic carbocycles. The topological polar surface area (TPSA) is 108 Å². The highest BCUT2D eigenvalue weighted by Crippen LogP contribution is 2.43. The second-order valence-electron chi connectivity index (χ2n) is 24.2. The molecule has 468 valence electrons. The molecule has 0 saturated carbocycles. The van der Waals surface area contributed by atoms with Crippen molar-refractivity contribution in [2.45, 2.75) is 328 Å². The highest BCUT2D eigenvalue weighted by Gasteiger charge is 2.27. The van der Waals surface area contributed by atoms with Crippen LogP contribution in [0.4, 0.5) is 0 Å². The molecule has 9 nitrogen and oxygen atoms in total. The van der Waals surface area contributed by atoms with Gasteiger partial charge in [0.25, 0.3) is 0 Å². The van der Waals surface area contributed by atoms with E-state index in [4.69, 9.17) is 18.5 Å². The Hall–Kier alpha value is -2.29. The number of allylic oxidation sites excluding steroid dienone is 10. The fraction of sp³-hybridized carbons (Fsp3) is 0.829. The number of carbonyl (C=O) groups is 2. The van der Waals surface area contributed by atoms with Crippen LogP contribution in [0.5, 0.6) is 0 Å². The van der Waals surface area contributed by atoms with E-state index in [-0.39, 0.29) is 32.0 Å². The minimum atomic E-state index is -4.40. The maximum Gasteiger partial charge on any atom is 0.472 e. The number of rotatable bonds is 63. The zero-order chi connectivity index (χ0) is 58.4. The average molecular weight is 1150 g/mol. The molecular weight excluding hydrogens is 1010 g/mol. The molecule has 2 unspecified atom stereocenters. The SMILES string of the molecule is CC/C=C\C/C=C\C/C=C\C/C=C\CCCCCCC(=O)OC(COC(=O)CCCCCCCCCCCCCCCCCCCCCCCCCCCCC/C=C\CCCCCCCCCC)COP(=O)(O)OCC[N+](C)(C)C. The maximum absolute atomic E-state index is 12.8. The number of quaternary nitrogens is 1. The van der Waals surface area contributed by atoms with Gasteiger partial charge in [-0.25, -0.2) is 4.57 Å². The van der Waals surface area contributed by atoms with E-state index in [1.165, 1.54) is 218 Å². The fourth-order valence-electron chi connectivity index (χ4n) is 9.83. The molecule has 2 atom stereocenters. The molecule has 0 heterocycles. The first-order chi connectivity index (χ1) is 39.0. The Kier molecular flexibility index (Phi) is 59.5. The van der Waals surface area contributed by atoms with E-state index in [1.54, 1.807) is 0 Å². The van der Waals surface area contributed by atoms with E-state index in [0.29, 0.717) is 17.4 Å². The van der Waals surface area contributed by atoms with Crippen molar-refractivity contribution in [1.29, 1.82) is 0 Å². The van der Waals surface area contributed by atoms with Crippen LogP contribution in [0, 0.1) is 0 Å². The van der Waals surface area contributed by atoms with Crippen molar-refractivity contribution in [3.05, 3.63) is 60.8 Å². The lowest BCUT2D eigenvalue weighted by Gasteiger charge is -2.24. The van der Waals surface area contributed by atoms with E-state index in [1.807, 2.05) is 21.1 Å². The smallest absolute Gasteiger partial charge is 0.462 e. The molecule has 0 amide bonds. The van der Waals surface area contributed by atoms with Gasteiger partial charge in [-0.2, -0.15) is 0 Å². The Labute approximate surface area is 496 Å². The predicted molar refractivity (Wildman–Crippen MR) is 344 cm³/mol. The van der Waals surface area contributed by atoms with Crippen LogP contribution in [0.15, 0.2) is 60.8 Å². The molecule has 1 N–H and O–H groups in total. The van der Waals surface area contributed by atoms with Gasteiger partial charge >= 0.3 is 19.8 Å². The Bertz CT molecular complexity index is 1530. The van der Waals surface area contributed by atoms with Gasteiger partial charge < -0.3 is 18.9 Å². The third-order valence-corrected chi connectivity index (χ3v) is 16.0. The molecule has 0 aromatic heterocycles. The molecule has 10 heteroatoms. The van der Waals surface area contributed by atoms with Crippen molar-refractivity contribution in [2.75, 3.05) is 47.5 Å². The molecule has 0 radical (unpaired) electrons. The van der Waals surface area contributed by atoms with Gasteiger partial charge in [0.2, 0.25) is 0 Å². The van der Waals surface area contributed by atoms with Gasteiger partial charge in [-0.05, 0) is 77.0 Å². The number of ether oxygens (including phenoxy) is 2. The molecule has 0 spiro atoms. The van der Waals surface area contributed by atoms with E-state index in [9.17, 15) is 19.0 Å². The lowest BCUT2D eigenvalue weighted by Crippen LogP contribution is -2.37. The normalized spacial score (nSPS) is 13.5. The van der Waals surface area contributed by atoms with E-state index >= 15 is 0 Å². The van der Waals surface area contributed by atoms with Gasteiger partial charge in [0.05, 0.1) is 27.7 Å². The van der Waals surface area contributed by atoms with Crippen molar-refractivity contribution in [1.82, 2.24) is 0 Å². The summed E-state index contributed by atoms with van der Waals surface area (Å²) in [6.07, 6.45) is 80.7. The summed E-state index contributed by atoms with van der Waals surface area (Å²) in [5, 5.41) is 0. The summed E-state index contributed by atoms with van der Waals surface area (Å²) in [6, 6.07) is 0. The van der Waals surface area contributed by atoms with E-state index in [2.05, 4.69) is 74.6 Å². The fourth-order valence-corrected chi connectivity index (χ4v) is 10.6. The summed E-state index contributed by atoms with van der Waals surface area (Å²) in [5.74, 6) is -0.815. The van der Waals surface area contributed by atoms with Crippen molar-refractivity contribution in [2.24, 2.45) is 0 Å². The largest absolute Gasteiger partial charge is 0.472 e. The quantitative estimate of drug-likeness (QED) is 0.0211. The number of phosphoric ester groups is 1. The molecular formula is C70H131NO8P+. The van der Waals surface area contributed by atoms with Crippen LogP contribution < -0.4 is 0 Å². The van der Waals surface area contributed by atoms with Crippen LogP contribution in [0.2, 0.25) is 0 Å². The highest BCUT2D eigenvalue weighted by molar-refractivity contribution is 7.47. The van der Waals surface area contributed by atoms with Crippen LogP contribution in [-0.2, 0) is 32.7 Å². The second kappa shape index (κ2) is 61.3. The molecule has 80 heavy (non-hydrogen) atoms. The van der Waals surface area contributed by atoms with Crippen molar-refractivity contribution in [3.63, 3.8) is 0 Å². The molecule has 0 aromatic rings. The maximum atomic E-state index is 12.8. The van der Waals surface area contributed by atoms with Gasteiger partial charge in [-0.15, -0.1) is 0 Å². The first kappa shape index (κ1) is 77.7. The molecule has 0 fully saturated rings. The van der Waals surface area contributed by atoms with Crippen LogP contribution in [0.25, 0.3) is 0 Å². The first-order valence-electron chi connectivity index (χ1n) is 34.0. The highest BCUT2D eigenvalue weighted by atomic mass is 31.2. The minimum absolute atomic E-state index is 0.0259. The molecule has 0 aliphatic rings.